The van der Waals surface area contributed by atoms with Gasteiger partial charge in [-0.15, -0.1) is 24.0 Å². The van der Waals surface area contributed by atoms with Crippen LogP contribution in [0.4, 0.5) is 8.78 Å². The minimum atomic E-state index is -0.571. The summed E-state index contributed by atoms with van der Waals surface area (Å²) in [5.74, 6) is -0.805. The molecule has 0 fully saturated rings. The molecule has 1 rings (SSSR count). The molecule has 3 N–H and O–H groups in total. The molecule has 0 atom stereocenters. The molecule has 0 bridgehead atoms. The molecule has 0 radical (unpaired) electrons. The average Bonchev–Trinajstić information content (AvgIpc) is 2.21. The lowest BCUT2D eigenvalue weighted by Gasteiger charge is -2.05. The number of aliphatic imine (C=N–C) groups is 1. The van der Waals surface area contributed by atoms with Gasteiger partial charge >= 0.3 is 0 Å². The first kappa shape index (κ1) is 15.1. The minimum Gasteiger partial charge on any atom is -0.370 e. The second-order valence-corrected chi connectivity index (χ2v) is 3.02. The maximum absolute atomic E-state index is 13.1. The van der Waals surface area contributed by atoms with Crippen LogP contribution in [0, 0.1) is 11.6 Å². The van der Waals surface area contributed by atoms with Gasteiger partial charge in [0.25, 0.3) is 0 Å². The van der Waals surface area contributed by atoms with Crippen molar-refractivity contribution in [3.63, 3.8) is 0 Å². The van der Waals surface area contributed by atoms with Crippen molar-refractivity contribution in [1.29, 1.82) is 0 Å². The quantitative estimate of drug-likeness (QED) is 0.499. The van der Waals surface area contributed by atoms with Gasteiger partial charge in [0.2, 0.25) is 0 Å². The Morgan fingerprint density at radius 3 is 2.69 bits per heavy atom. The molecule has 0 aliphatic heterocycles. The maximum atomic E-state index is 13.1. The number of nitrogens with one attached hydrogen (secondary N) is 1. The molecule has 16 heavy (non-hydrogen) atoms. The van der Waals surface area contributed by atoms with Crippen molar-refractivity contribution in [1.82, 2.24) is 5.32 Å². The number of hydrogen-bond donors (Lipinski definition) is 2. The molecule has 0 saturated carbocycles. The molecule has 0 heterocycles. The van der Waals surface area contributed by atoms with E-state index in [0.717, 1.165) is 6.07 Å². The Hall–Kier alpha value is -0.920. The fourth-order valence-corrected chi connectivity index (χ4v) is 1.13. The first-order chi connectivity index (χ1) is 7.13. The first-order valence-corrected chi connectivity index (χ1v) is 4.53. The summed E-state index contributed by atoms with van der Waals surface area (Å²) < 4.78 is 25.7. The molecule has 0 amide bonds. The molecule has 90 valence electrons. The highest BCUT2D eigenvalue weighted by Crippen LogP contribution is 2.09. The molecule has 1 aromatic carbocycles. The van der Waals surface area contributed by atoms with Crippen LogP contribution in [0.1, 0.15) is 5.56 Å². The van der Waals surface area contributed by atoms with E-state index in [1.807, 2.05) is 0 Å². The fraction of sp³-hybridized carbons (Fsp3) is 0.300. The van der Waals surface area contributed by atoms with Crippen LogP contribution < -0.4 is 11.1 Å². The highest BCUT2D eigenvalue weighted by atomic mass is 127. The predicted molar refractivity (Wildman–Crippen MR) is 71.0 cm³/mol. The lowest BCUT2D eigenvalue weighted by Crippen LogP contribution is -2.33. The van der Waals surface area contributed by atoms with E-state index >= 15 is 0 Å². The highest BCUT2D eigenvalue weighted by Gasteiger charge is 2.03. The van der Waals surface area contributed by atoms with Gasteiger partial charge in [0.05, 0.1) is 0 Å². The van der Waals surface area contributed by atoms with E-state index < -0.39 is 11.6 Å². The Kier molecular flexibility index (Phi) is 6.95. The molecule has 0 unspecified atom stereocenters. The van der Waals surface area contributed by atoms with E-state index in [-0.39, 0.29) is 24.0 Å². The van der Waals surface area contributed by atoms with Crippen molar-refractivity contribution in [3.8, 4) is 0 Å². The van der Waals surface area contributed by atoms with Gasteiger partial charge in [-0.2, -0.15) is 0 Å². The van der Waals surface area contributed by atoms with Gasteiger partial charge in [-0.1, -0.05) is 6.07 Å². The molecule has 1 aromatic rings. The van der Waals surface area contributed by atoms with E-state index in [4.69, 9.17) is 5.73 Å². The molecule has 3 nitrogen and oxygen atoms in total. The SMILES string of the molecule is CN=C(N)NCCc1ccc(F)cc1F.I. The van der Waals surface area contributed by atoms with Crippen LogP contribution >= 0.6 is 24.0 Å². The van der Waals surface area contributed by atoms with Crippen molar-refractivity contribution in [2.75, 3.05) is 13.6 Å². The Morgan fingerprint density at radius 1 is 1.44 bits per heavy atom. The Labute approximate surface area is 110 Å². The van der Waals surface area contributed by atoms with Crippen molar-refractivity contribution in [3.05, 3.63) is 35.4 Å². The van der Waals surface area contributed by atoms with E-state index in [1.54, 1.807) is 7.05 Å². The third-order valence-corrected chi connectivity index (χ3v) is 1.96. The van der Waals surface area contributed by atoms with Crippen LogP contribution in [0.2, 0.25) is 0 Å². The summed E-state index contributed by atoms with van der Waals surface area (Å²) in [6.45, 7) is 0.464. The zero-order valence-corrected chi connectivity index (χ0v) is 11.2. The molecule has 6 heteroatoms. The van der Waals surface area contributed by atoms with E-state index in [0.29, 0.717) is 24.5 Å². The molecule has 0 saturated heterocycles. The Morgan fingerprint density at radius 2 is 2.12 bits per heavy atom. The van der Waals surface area contributed by atoms with E-state index in [1.165, 1.54) is 12.1 Å². The second-order valence-electron chi connectivity index (χ2n) is 3.02. The van der Waals surface area contributed by atoms with Gasteiger partial charge in [0, 0.05) is 19.7 Å². The van der Waals surface area contributed by atoms with Gasteiger partial charge in [-0.05, 0) is 18.1 Å². The monoisotopic (exact) mass is 341 g/mol. The zero-order chi connectivity index (χ0) is 11.3. The average molecular weight is 341 g/mol. The van der Waals surface area contributed by atoms with Gasteiger partial charge in [-0.25, -0.2) is 8.78 Å². The van der Waals surface area contributed by atoms with Crippen molar-refractivity contribution >= 4 is 29.9 Å². The lowest BCUT2D eigenvalue weighted by molar-refractivity contribution is 0.571. The topological polar surface area (TPSA) is 50.4 Å². The summed E-state index contributed by atoms with van der Waals surface area (Å²) >= 11 is 0. The van der Waals surface area contributed by atoms with Crippen molar-refractivity contribution in [2.24, 2.45) is 10.7 Å². The van der Waals surface area contributed by atoms with Crippen molar-refractivity contribution < 1.29 is 8.78 Å². The van der Waals surface area contributed by atoms with E-state index in [2.05, 4.69) is 10.3 Å². The lowest BCUT2D eigenvalue weighted by atomic mass is 10.1. The third kappa shape index (κ3) is 4.73. The van der Waals surface area contributed by atoms with Gasteiger partial charge < -0.3 is 11.1 Å². The van der Waals surface area contributed by atoms with E-state index in [9.17, 15) is 8.78 Å². The minimum absolute atomic E-state index is 0. The number of rotatable bonds is 3. The first-order valence-electron chi connectivity index (χ1n) is 4.53. The van der Waals surface area contributed by atoms with Crippen LogP contribution in [-0.4, -0.2) is 19.6 Å². The number of guanidine groups is 1. The number of nitrogens with two attached hydrogens (primary N) is 1. The third-order valence-electron chi connectivity index (χ3n) is 1.96. The summed E-state index contributed by atoms with van der Waals surface area (Å²) in [7, 11) is 1.56. The summed E-state index contributed by atoms with van der Waals surface area (Å²) in [6.07, 6.45) is 0.433. The molecule has 0 aliphatic carbocycles. The number of halogens is 3. The molecular formula is C10H14F2IN3. The highest BCUT2D eigenvalue weighted by molar-refractivity contribution is 14.0. The van der Waals surface area contributed by atoms with Crippen LogP contribution in [0.5, 0.6) is 0 Å². The maximum Gasteiger partial charge on any atom is 0.188 e. The summed E-state index contributed by atoms with van der Waals surface area (Å²) in [5.41, 5.74) is 5.84. The predicted octanol–water partition coefficient (Wildman–Crippen LogP) is 1.66. The normalized spacial score (nSPS) is 10.8. The van der Waals surface area contributed by atoms with Crippen LogP contribution in [-0.2, 0) is 6.42 Å². The van der Waals surface area contributed by atoms with Gasteiger partial charge in [0.1, 0.15) is 11.6 Å². The van der Waals surface area contributed by atoms with Crippen molar-refractivity contribution in [2.45, 2.75) is 6.42 Å². The smallest absolute Gasteiger partial charge is 0.188 e. The summed E-state index contributed by atoms with van der Waals surface area (Å²) in [6, 6.07) is 3.52. The fourth-order valence-electron chi connectivity index (χ4n) is 1.13. The molecule has 0 aromatic heterocycles. The van der Waals surface area contributed by atoms with Gasteiger partial charge in [0.15, 0.2) is 5.96 Å². The molecular weight excluding hydrogens is 327 g/mol. The zero-order valence-electron chi connectivity index (χ0n) is 8.84. The summed E-state index contributed by atoms with van der Waals surface area (Å²) in [4.78, 5) is 3.69. The number of hydrogen-bond acceptors (Lipinski definition) is 1. The second kappa shape index (κ2) is 7.37. The Bertz CT molecular complexity index is 369. The molecule has 0 spiro atoms. The Balaban J connectivity index is 0.00000225. The largest absolute Gasteiger partial charge is 0.370 e. The van der Waals surface area contributed by atoms with Crippen LogP contribution in [0.15, 0.2) is 23.2 Å². The summed E-state index contributed by atoms with van der Waals surface area (Å²) in [5, 5.41) is 2.79. The van der Waals surface area contributed by atoms with Crippen LogP contribution in [0.3, 0.4) is 0 Å². The number of nitrogens with zero attached hydrogens (tertiary/aromatic N) is 1. The standard InChI is InChI=1S/C10H13F2N3.HI/c1-14-10(13)15-5-4-7-2-3-8(11)6-9(7)12;/h2-3,6H,4-5H2,1H3,(H3,13,14,15);1H. The van der Waals surface area contributed by atoms with Crippen LogP contribution in [0.25, 0.3) is 0 Å². The van der Waals surface area contributed by atoms with Gasteiger partial charge in [-0.3, -0.25) is 4.99 Å². The number of benzene rings is 1. The molecule has 0 aliphatic rings.